The Hall–Kier alpha value is -2.73. The summed E-state index contributed by atoms with van der Waals surface area (Å²) < 4.78 is 16.9. The second-order valence-electron chi connectivity index (χ2n) is 8.09. The molecule has 0 bridgehead atoms. The van der Waals surface area contributed by atoms with Crippen LogP contribution in [0, 0.1) is 0 Å². The molecule has 5 rings (SSSR count). The lowest BCUT2D eigenvalue weighted by Crippen LogP contribution is -2.48. The van der Waals surface area contributed by atoms with Crippen LogP contribution in [0.2, 0.25) is 0 Å². The molecule has 1 fully saturated rings. The number of fused-ring (bicyclic) bond motifs is 2. The topological polar surface area (TPSA) is 51.2 Å². The van der Waals surface area contributed by atoms with Gasteiger partial charge < -0.3 is 19.1 Å². The summed E-state index contributed by atoms with van der Waals surface area (Å²) in [6, 6.07) is 12.0. The van der Waals surface area contributed by atoms with E-state index in [1.807, 2.05) is 29.2 Å². The molecule has 29 heavy (non-hydrogen) atoms. The highest BCUT2D eigenvalue weighted by Crippen LogP contribution is 2.40. The number of carbonyl (C=O) groups is 1. The van der Waals surface area contributed by atoms with Gasteiger partial charge in [-0.25, -0.2) is 0 Å². The van der Waals surface area contributed by atoms with E-state index in [1.165, 1.54) is 5.56 Å². The molecule has 0 unspecified atom stereocenters. The van der Waals surface area contributed by atoms with Crippen LogP contribution in [0.5, 0.6) is 17.2 Å². The zero-order valence-electron chi connectivity index (χ0n) is 16.9. The Bertz CT molecular complexity index is 936. The Labute approximate surface area is 171 Å². The molecule has 3 aliphatic rings. The first-order chi connectivity index (χ1) is 14.1. The molecule has 0 radical (unpaired) electrons. The summed E-state index contributed by atoms with van der Waals surface area (Å²) in [5, 5.41) is 0. The smallest absolute Gasteiger partial charge is 0.257 e. The standard InChI is InChI=1S/C23H26N2O4/c1-15-16(2)29-22-18(15)4-3-5-19(22)23(26)25-10-8-24(9-11-25)13-17-6-7-20-21(12-17)28-14-27-20/h3-7,12,15-16H,8-11,13-14H2,1-2H3/t15-,16+/m1/s1. The van der Waals surface area contributed by atoms with Gasteiger partial charge in [0.25, 0.3) is 5.91 Å². The number of benzene rings is 2. The van der Waals surface area contributed by atoms with Crippen LogP contribution in [0.15, 0.2) is 36.4 Å². The van der Waals surface area contributed by atoms with E-state index in [-0.39, 0.29) is 12.0 Å². The Kier molecular flexibility index (Phi) is 4.59. The predicted octanol–water partition coefficient (Wildman–Crippen LogP) is 3.26. The van der Waals surface area contributed by atoms with Crippen molar-refractivity contribution >= 4 is 5.91 Å². The van der Waals surface area contributed by atoms with Gasteiger partial charge in [0.2, 0.25) is 6.79 Å². The van der Waals surface area contributed by atoms with E-state index in [2.05, 4.69) is 30.9 Å². The maximum Gasteiger partial charge on any atom is 0.257 e. The molecule has 3 heterocycles. The molecule has 2 aromatic rings. The number of piperazine rings is 1. The average Bonchev–Trinajstić information content (AvgIpc) is 3.32. The van der Waals surface area contributed by atoms with Crippen LogP contribution in [0.3, 0.4) is 0 Å². The van der Waals surface area contributed by atoms with Crippen LogP contribution in [0.1, 0.15) is 41.3 Å². The second kappa shape index (κ2) is 7.26. The minimum absolute atomic E-state index is 0.0749. The summed E-state index contributed by atoms with van der Waals surface area (Å²) in [6.45, 7) is 8.50. The molecule has 0 aromatic heterocycles. The number of hydrogen-bond donors (Lipinski definition) is 0. The van der Waals surface area contributed by atoms with Gasteiger partial charge in [-0.2, -0.15) is 0 Å². The maximum atomic E-state index is 13.2. The fraction of sp³-hybridized carbons (Fsp3) is 0.435. The van der Waals surface area contributed by atoms with Gasteiger partial charge in [0.05, 0.1) is 5.56 Å². The highest BCUT2D eigenvalue weighted by atomic mass is 16.7. The second-order valence-corrected chi connectivity index (χ2v) is 8.09. The van der Waals surface area contributed by atoms with Crippen LogP contribution in [0.4, 0.5) is 0 Å². The lowest BCUT2D eigenvalue weighted by Gasteiger charge is -2.35. The third kappa shape index (κ3) is 3.31. The summed E-state index contributed by atoms with van der Waals surface area (Å²) in [5.41, 5.74) is 3.04. The van der Waals surface area contributed by atoms with Crippen molar-refractivity contribution in [2.24, 2.45) is 0 Å². The van der Waals surface area contributed by atoms with Crippen molar-refractivity contribution in [3.8, 4) is 17.2 Å². The number of rotatable bonds is 3. The van der Waals surface area contributed by atoms with Gasteiger partial charge in [-0.15, -0.1) is 0 Å². The van der Waals surface area contributed by atoms with Crippen molar-refractivity contribution in [3.05, 3.63) is 53.1 Å². The molecule has 1 amide bonds. The van der Waals surface area contributed by atoms with Crippen LogP contribution in [-0.4, -0.2) is 54.8 Å². The van der Waals surface area contributed by atoms with Crippen molar-refractivity contribution in [2.45, 2.75) is 32.4 Å². The van der Waals surface area contributed by atoms with Crippen molar-refractivity contribution < 1.29 is 19.0 Å². The lowest BCUT2D eigenvalue weighted by atomic mass is 9.96. The minimum Gasteiger partial charge on any atom is -0.489 e. The van der Waals surface area contributed by atoms with E-state index < -0.39 is 0 Å². The molecule has 152 valence electrons. The Balaban J connectivity index is 1.23. The average molecular weight is 394 g/mol. The zero-order valence-corrected chi connectivity index (χ0v) is 16.9. The molecule has 2 aromatic carbocycles. The summed E-state index contributed by atoms with van der Waals surface area (Å²) in [5.74, 6) is 2.80. The van der Waals surface area contributed by atoms with Gasteiger partial charge >= 0.3 is 0 Å². The zero-order chi connectivity index (χ0) is 20.0. The molecule has 0 aliphatic carbocycles. The van der Waals surface area contributed by atoms with Gasteiger partial charge in [0.1, 0.15) is 11.9 Å². The normalized spacial score (nSPS) is 23.0. The van der Waals surface area contributed by atoms with Gasteiger partial charge in [-0.3, -0.25) is 9.69 Å². The molecular formula is C23H26N2O4. The fourth-order valence-corrected chi connectivity index (χ4v) is 4.33. The predicted molar refractivity (Wildman–Crippen MR) is 109 cm³/mol. The SMILES string of the molecule is C[C@@H]1Oc2c(C(=O)N3CCN(Cc4ccc5c(c4)OCO5)CC3)cccc2[C@@H]1C. The third-order valence-electron chi connectivity index (χ3n) is 6.28. The molecule has 3 aliphatic heterocycles. The number of ether oxygens (including phenoxy) is 3. The maximum absolute atomic E-state index is 13.2. The molecule has 1 saturated heterocycles. The van der Waals surface area contributed by atoms with Crippen molar-refractivity contribution in [1.82, 2.24) is 9.80 Å². The summed E-state index contributed by atoms with van der Waals surface area (Å²) in [7, 11) is 0. The number of hydrogen-bond acceptors (Lipinski definition) is 5. The Morgan fingerprint density at radius 1 is 1.03 bits per heavy atom. The molecule has 2 atom stereocenters. The molecule has 6 heteroatoms. The number of para-hydroxylation sites is 1. The van der Waals surface area contributed by atoms with Crippen molar-refractivity contribution in [2.75, 3.05) is 33.0 Å². The minimum atomic E-state index is 0.0749. The van der Waals surface area contributed by atoms with Gasteiger partial charge in [0, 0.05) is 44.2 Å². The molecular weight excluding hydrogens is 368 g/mol. The molecule has 6 nitrogen and oxygen atoms in total. The van der Waals surface area contributed by atoms with Gasteiger partial charge in [-0.1, -0.05) is 25.1 Å². The quantitative estimate of drug-likeness (QED) is 0.800. The van der Waals surface area contributed by atoms with E-state index in [1.54, 1.807) is 0 Å². The van der Waals surface area contributed by atoms with E-state index >= 15 is 0 Å². The highest BCUT2D eigenvalue weighted by molar-refractivity contribution is 5.97. The van der Waals surface area contributed by atoms with E-state index in [0.29, 0.717) is 18.3 Å². The van der Waals surface area contributed by atoms with Crippen LogP contribution in [0.25, 0.3) is 0 Å². The molecule has 0 N–H and O–H groups in total. The number of nitrogens with zero attached hydrogens (tertiary/aromatic N) is 2. The van der Waals surface area contributed by atoms with Crippen LogP contribution >= 0.6 is 0 Å². The van der Waals surface area contributed by atoms with Crippen molar-refractivity contribution in [1.29, 1.82) is 0 Å². The first-order valence-corrected chi connectivity index (χ1v) is 10.3. The monoisotopic (exact) mass is 394 g/mol. The Morgan fingerprint density at radius 3 is 2.66 bits per heavy atom. The summed E-state index contributed by atoms with van der Waals surface area (Å²) >= 11 is 0. The molecule has 0 saturated carbocycles. The summed E-state index contributed by atoms with van der Waals surface area (Å²) in [4.78, 5) is 17.5. The number of amides is 1. The van der Waals surface area contributed by atoms with Gasteiger partial charge in [-0.05, 0) is 30.7 Å². The Morgan fingerprint density at radius 2 is 1.83 bits per heavy atom. The first kappa shape index (κ1) is 18.3. The first-order valence-electron chi connectivity index (χ1n) is 10.3. The van der Waals surface area contributed by atoms with Crippen molar-refractivity contribution in [3.63, 3.8) is 0 Å². The lowest BCUT2D eigenvalue weighted by molar-refractivity contribution is 0.0623. The fourth-order valence-electron chi connectivity index (χ4n) is 4.33. The van der Waals surface area contributed by atoms with Gasteiger partial charge in [0.15, 0.2) is 11.5 Å². The number of carbonyl (C=O) groups excluding carboxylic acids is 1. The summed E-state index contributed by atoms with van der Waals surface area (Å²) in [6.07, 6.45) is 0.109. The largest absolute Gasteiger partial charge is 0.489 e. The van der Waals surface area contributed by atoms with E-state index in [0.717, 1.165) is 55.5 Å². The van der Waals surface area contributed by atoms with E-state index in [9.17, 15) is 4.79 Å². The van der Waals surface area contributed by atoms with Crippen LogP contribution in [-0.2, 0) is 6.54 Å². The van der Waals surface area contributed by atoms with E-state index in [4.69, 9.17) is 14.2 Å². The van der Waals surface area contributed by atoms with Crippen LogP contribution < -0.4 is 14.2 Å². The third-order valence-corrected chi connectivity index (χ3v) is 6.28. The molecule has 0 spiro atoms. The highest BCUT2D eigenvalue weighted by Gasteiger charge is 2.33.